The number of nitrogens with one attached hydrogen (secondary N) is 1. The quantitative estimate of drug-likeness (QED) is 0.804. The molecule has 0 unspecified atom stereocenters. The second-order valence-electron chi connectivity index (χ2n) is 4.48. The number of pyridine rings is 1. The summed E-state index contributed by atoms with van der Waals surface area (Å²) in [4.78, 5) is 14.3. The van der Waals surface area contributed by atoms with Gasteiger partial charge in [-0.2, -0.15) is 5.26 Å². The van der Waals surface area contributed by atoms with E-state index in [1.807, 2.05) is 0 Å². The zero-order valence-electron chi connectivity index (χ0n) is 10.4. The highest BCUT2D eigenvalue weighted by Crippen LogP contribution is 2.17. The van der Waals surface area contributed by atoms with Crippen LogP contribution in [0.2, 0.25) is 0 Å². The van der Waals surface area contributed by atoms with Crippen molar-refractivity contribution in [2.45, 2.75) is 18.7 Å². The summed E-state index contributed by atoms with van der Waals surface area (Å²) in [5, 5.41) is 17.7. The minimum atomic E-state index is -3.97. The molecule has 7 nitrogen and oxygen atoms in total. The number of nitriles is 1. The van der Waals surface area contributed by atoms with Gasteiger partial charge in [-0.25, -0.2) is 18.1 Å². The van der Waals surface area contributed by atoms with Gasteiger partial charge in [-0.05, 0) is 26.0 Å². The van der Waals surface area contributed by atoms with Gasteiger partial charge in [-0.15, -0.1) is 0 Å². The van der Waals surface area contributed by atoms with Gasteiger partial charge in [-0.1, -0.05) is 0 Å². The number of carbonyl (C=O) groups is 1. The highest BCUT2D eigenvalue weighted by atomic mass is 32.2. The Kier molecular flexibility index (Phi) is 4.24. The Labute approximate surface area is 110 Å². The molecule has 0 aliphatic rings. The fraction of sp³-hybridized carbons (Fsp3) is 0.364. The summed E-state index contributed by atoms with van der Waals surface area (Å²) in [6.07, 6.45) is 1.30. The lowest BCUT2D eigenvalue weighted by Crippen LogP contribution is -2.39. The minimum absolute atomic E-state index is 0.233. The first-order chi connectivity index (χ1) is 8.70. The Morgan fingerprint density at radius 2 is 2.21 bits per heavy atom. The van der Waals surface area contributed by atoms with Crippen molar-refractivity contribution < 1.29 is 18.3 Å². The van der Waals surface area contributed by atoms with Crippen LogP contribution in [-0.2, 0) is 14.8 Å². The molecular formula is C11H13N3O4S. The fourth-order valence-corrected chi connectivity index (χ4v) is 2.44. The number of carboxylic acid groups (broad SMARTS) is 1. The van der Waals surface area contributed by atoms with E-state index in [1.165, 1.54) is 32.2 Å². The zero-order chi connectivity index (χ0) is 14.7. The Morgan fingerprint density at radius 1 is 1.58 bits per heavy atom. The smallest absolute Gasteiger partial charge is 0.310 e. The van der Waals surface area contributed by atoms with Gasteiger partial charge in [0.1, 0.15) is 11.0 Å². The van der Waals surface area contributed by atoms with Crippen molar-refractivity contribution in [2.24, 2.45) is 5.41 Å². The first kappa shape index (κ1) is 15.1. The number of carboxylic acids is 1. The summed E-state index contributed by atoms with van der Waals surface area (Å²) in [6.45, 7) is 2.50. The van der Waals surface area contributed by atoms with E-state index in [2.05, 4.69) is 9.71 Å². The largest absolute Gasteiger partial charge is 0.481 e. The molecule has 0 aromatic carbocycles. The summed E-state index contributed by atoms with van der Waals surface area (Å²) in [7, 11) is -3.97. The van der Waals surface area contributed by atoms with Gasteiger partial charge in [0.05, 0.1) is 5.41 Å². The highest BCUT2D eigenvalue weighted by molar-refractivity contribution is 7.89. The second-order valence-corrected chi connectivity index (χ2v) is 6.21. The maximum Gasteiger partial charge on any atom is 0.310 e. The van der Waals surface area contributed by atoms with E-state index in [9.17, 15) is 13.2 Å². The van der Waals surface area contributed by atoms with Gasteiger partial charge in [-0.3, -0.25) is 4.79 Å². The zero-order valence-corrected chi connectivity index (χ0v) is 11.2. The molecule has 0 spiro atoms. The van der Waals surface area contributed by atoms with Crippen LogP contribution in [-0.4, -0.2) is 31.0 Å². The van der Waals surface area contributed by atoms with Crippen LogP contribution in [0.15, 0.2) is 23.2 Å². The average molecular weight is 283 g/mol. The van der Waals surface area contributed by atoms with Gasteiger partial charge >= 0.3 is 5.97 Å². The van der Waals surface area contributed by atoms with Gasteiger partial charge < -0.3 is 5.11 Å². The van der Waals surface area contributed by atoms with E-state index in [-0.39, 0.29) is 17.1 Å². The van der Waals surface area contributed by atoms with E-state index in [4.69, 9.17) is 10.4 Å². The number of rotatable bonds is 5. The van der Waals surface area contributed by atoms with Crippen molar-refractivity contribution >= 4 is 16.0 Å². The van der Waals surface area contributed by atoms with E-state index < -0.39 is 21.4 Å². The topological polar surface area (TPSA) is 120 Å². The van der Waals surface area contributed by atoms with Crippen LogP contribution in [0, 0.1) is 16.7 Å². The number of sulfonamides is 1. The maximum absolute atomic E-state index is 12.0. The van der Waals surface area contributed by atoms with E-state index in [1.54, 1.807) is 6.07 Å². The minimum Gasteiger partial charge on any atom is -0.481 e. The number of hydrogen-bond acceptors (Lipinski definition) is 5. The number of hydrogen-bond donors (Lipinski definition) is 2. The molecule has 0 atom stereocenters. The Hall–Kier alpha value is -1.98. The molecule has 19 heavy (non-hydrogen) atoms. The van der Waals surface area contributed by atoms with E-state index in [0.717, 1.165) is 0 Å². The molecule has 102 valence electrons. The highest BCUT2D eigenvalue weighted by Gasteiger charge is 2.30. The Balaban J connectivity index is 3.01. The van der Waals surface area contributed by atoms with Crippen molar-refractivity contribution in [1.29, 1.82) is 5.26 Å². The lowest BCUT2D eigenvalue weighted by atomic mass is 9.95. The van der Waals surface area contributed by atoms with Crippen molar-refractivity contribution in [2.75, 3.05) is 6.54 Å². The molecule has 0 saturated heterocycles. The average Bonchev–Trinajstić information content (AvgIpc) is 2.36. The maximum atomic E-state index is 12.0. The van der Waals surface area contributed by atoms with Gasteiger partial charge in [0.25, 0.3) is 0 Å². The first-order valence-corrected chi connectivity index (χ1v) is 6.77. The Morgan fingerprint density at radius 3 is 2.74 bits per heavy atom. The van der Waals surface area contributed by atoms with E-state index >= 15 is 0 Å². The van der Waals surface area contributed by atoms with Crippen molar-refractivity contribution in [3.63, 3.8) is 0 Å². The lowest BCUT2D eigenvalue weighted by molar-refractivity contribution is -0.146. The third-order valence-electron chi connectivity index (χ3n) is 2.45. The predicted molar refractivity (Wildman–Crippen MR) is 65.6 cm³/mol. The van der Waals surface area contributed by atoms with Crippen molar-refractivity contribution in [3.8, 4) is 6.07 Å². The van der Waals surface area contributed by atoms with Gasteiger partial charge in [0, 0.05) is 12.7 Å². The van der Waals surface area contributed by atoms with E-state index in [0.29, 0.717) is 0 Å². The SMILES string of the molecule is CC(C)(CNS(=O)(=O)c1cccnc1C#N)C(=O)O. The molecule has 1 aromatic rings. The van der Waals surface area contributed by atoms with Crippen LogP contribution < -0.4 is 4.72 Å². The predicted octanol–water partition coefficient (Wildman–Crippen LogP) is 0.342. The molecule has 2 N–H and O–H groups in total. The standard InChI is InChI=1S/C11H13N3O4S/c1-11(2,10(15)16)7-14-19(17,18)9-4-3-5-13-8(9)6-12/h3-5,14H,7H2,1-2H3,(H,15,16). The molecule has 0 amide bonds. The monoisotopic (exact) mass is 283 g/mol. The van der Waals surface area contributed by atoms with Gasteiger partial charge in [0.2, 0.25) is 10.0 Å². The van der Waals surface area contributed by atoms with Crippen LogP contribution >= 0.6 is 0 Å². The molecular weight excluding hydrogens is 270 g/mol. The molecule has 8 heteroatoms. The molecule has 0 bridgehead atoms. The third kappa shape index (κ3) is 3.49. The summed E-state index contributed by atoms with van der Waals surface area (Å²) < 4.78 is 26.1. The van der Waals surface area contributed by atoms with Crippen LogP contribution in [0.5, 0.6) is 0 Å². The summed E-state index contributed by atoms with van der Waals surface area (Å²) in [5.41, 5.74) is -1.48. The lowest BCUT2D eigenvalue weighted by Gasteiger charge is -2.19. The normalized spacial score (nSPS) is 11.8. The second kappa shape index (κ2) is 5.34. The first-order valence-electron chi connectivity index (χ1n) is 5.29. The molecule has 1 heterocycles. The Bertz CT molecular complexity index is 632. The molecule has 0 fully saturated rings. The van der Waals surface area contributed by atoms with Crippen LogP contribution in [0.4, 0.5) is 0 Å². The van der Waals surface area contributed by atoms with Crippen LogP contribution in [0.1, 0.15) is 19.5 Å². The molecule has 0 aliphatic heterocycles. The van der Waals surface area contributed by atoms with Gasteiger partial charge in [0.15, 0.2) is 5.69 Å². The summed E-state index contributed by atoms with van der Waals surface area (Å²) >= 11 is 0. The number of aromatic nitrogens is 1. The summed E-state index contributed by atoms with van der Waals surface area (Å²) in [5.74, 6) is -1.12. The van der Waals surface area contributed by atoms with Crippen molar-refractivity contribution in [1.82, 2.24) is 9.71 Å². The number of nitrogens with zero attached hydrogens (tertiary/aromatic N) is 2. The van der Waals surface area contributed by atoms with Crippen molar-refractivity contribution in [3.05, 3.63) is 24.0 Å². The molecule has 0 saturated carbocycles. The molecule has 0 radical (unpaired) electrons. The molecule has 0 aliphatic carbocycles. The number of aliphatic carboxylic acids is 1. The molecule has 1 rings (SSSR count). The van der Waals surface area contributed by atoms with Crippen LogP contribution in [0.3, 0.4) is 0 Å². The molecule has 1 aromatic heterocycles. The fourth-order valence-electron chi connectivity index (χ4n) is 1.12. The summed E-state index contributed by atoms with van der Waals surface area (Å²) in [6, 6.07) is 4.30. The van der Waals surface area contributed by atoms with Crippen LogP contribution in [0.25, 0.3) is 0 Å². The third-order valence-corrected chi connectivity index (χ3v) is 3.88.